The third kappa shape index (κ3) is 6.26. The number of carbonyl (C=O) groups excluding carboxylic acids is 1. The van der Waals surface area contributed by atoms with Crippen molar-refractivity contribution in [3.05, 3.63) is 74.6 Å². The van der Waals surface area contributed by atoms with Gasteiger partial charge in [0.2, 0.25) is 16.0 Å². The zero-order chi connectivity index (χ0) is 32.2. The van der Waals surface area contributed by atoms with E-state index in [1.807, 2.05) is 43.8 Å². The van der Waals surface area contributed by atoms with E-state index in [9.17, 15) is 18.0 Å². The van der Waals surface area contributed by atoms with Crippen LogP contribution in [0.15, 0.2) is 41.5 Å². The molecule has 5 heterocycles. The molecular weight excluding hydrogens is 618 g/mol. The van der Waals surface area contributed by atoms with Crippen LogP contribution >= 0.6 is 11.6 Å². The lowest BCUT2D eigenvalue weighted by molar-refractivity contribution is 0.0977. The first-order chi connectivity index (χ1) is 21.3. The van der Waals surface area contributed by atoms with Gasteiger partial charge in [0.1, 0.15) is 5.15 Å². The van der Waals surface area contributed by atoms with Crippen LogP contribution in [0.4, 0.5) is 11.6 Å². The molecule has 45 heavy (non-hydrogen) atoms. The second-order valence-electron chi connectivity index (χ2n) is 12.1. The minimum absolute atomic E-state index is 0.0380. The first kappa shape index (κ1) is 31.0. The van der Waals surface area contributed by atoms with E-state index in [4.69, 9.17) is 16.6 Å². The lowest BCUT2D eigenvalue weighted by Gasteiger charge is -2.38. The quantitative estimate of drug-likeness (QED) is 0.285. The molecule has 0 spiro atoms. The molecule has 238 valence electrons. The number of hydrogen-bond donors (Lipinski definition) is 2. The fraction of sp³-hybridized carbons (Fsp3) is 0.433. The van der Waals surface area contributed by atoms with Crippen LogP contribution in [0.2, 0.25) is 5.15 Å². The topological polar surface area (TPSA) is 147 Å². The maximum absolute atomic E-state index is 13.8. The Kier molecular flexibility index (Phi) is 8.08. The summed E-state index contributed by atoms with van der Waals surface area (Å²) in [7, 11) is -2.07. The van der Waals surface area contributed by atoms with Crippen molar-refractivity contribution in [2.75, 3.05) is 42.7 Å². The summed E-state index contributed by atoms with van der Waals surface area (Å²) >= 11 is 6.05. The number of halogens is 1. The lowest BCUT2D eigenvalue weighted by Crippen LogP contribution is -2.51. The second kappa shape index (κ2) is 11.7. The average Bonchev–Trinajstić information content (AvgIpc) is 3.60. The monoisotopic (exact) mass is 653 g/mol. The molecule has 4 aromatic rings. The van der Waals surface area contributed by atoms with Crippen LogP contribution in [0.5, 0.6) is 0 Å². The van der Waals surface area contributed by atoms with Gasteiger partial charge < -0.3 is 10.2 Å². The average molecular weight is 654 g/mol. The predicted molar refractivity (Wildman–Crippen MR) is 174 cm³/mol. The van der Waals surface area contributed by atoms with E-state index in [1.165, 1.54) is 6.07 Å². The summed E-state index contributed by atoms with van der Waals surface area (Å²) in [6.45, 7) is 9.12. The summed E-state index contributed by atoms with van der Waals surface area (Å²) in [5, 5.41) is 8.34. The summed E-state index contributed by atoms with van der Waals surface area (Å²) in [6.07, 6.45) is 5.84. The summed E-state index contributed by atoms with van der Waals surface area (Å²) in [4.78, 5) is 40.4. The maximum atomic E-state index is 13.8. The molecule has 2 N–H and O–H groups in total. The van der Waals surface area contributed by atoms with Crippen LogP contribution in [-0.4, -0.2) is 82.0 Å². The Bertz CT molecular complexity index is 1980. The molecule has 2 saturated heterocycles. The lowest BCUT2D eigenvalue weighted by atomic mass is 10.0. The smallest absolute Gasteiger partial charge is 0.285 e. The third-order valence-electron chi connectivity index (χ3n) is 8.51. The van der Waals surface area contributed by atoms with Crippen molar-refractivity contribution < 1.29 is 13.2 Å². The number of amides is 1. The molecule has 0 saturated carbocycles. The zero-order valence-corrected chi connectivity index (χ0v) is 27.4. The molecule has 0 aliphatic carbocycles. The Hall–Kier alpha value is -4.01. The van der Waals surface area contributed by atoms with Crippen LogP contribution in [0.25, 0.3) is 10.9 Å². The van der Waals surface area contributed by atoms with Gasteiger partial charge in [-0.2, -0.15) is 5.10 Å². The number of hydrogen-bond acceptors (Lipinski definition) is 10. The van der Waals surface area contributed by atoms with Gasteiger partial charge in [0.15, 0.2) is 5.69 Å². The van der Waals surface area contributed by atoms with E-state index >= 15 is 0 Å². The Morgan fingerprint density at radius 2 is 1.87 bits per heavy atom. The van der Waals surface area contributed by atoms with Crippen molar-refractivity contribution in [1.29, 1.82) is 0 Å². The zero-order valence-electron chi connectivity index (χ0n) is 25.8. The molecule has 0 unspecified atom stereocenters. The minimum atomic E-state index is -3.83. The van der Waals surface area contributed by atoms with Crippen molar-refractivity contribution in [1.82, 2.24) is 33.9 Å². The van der Waals surface area contributed by atoms with Crippen molar-refractivity contribution in [3.63, 3.8) is 0 Å². The number of benzene rings is 1. The van der Waals surface area contributed by atoms with E-state index < -0.39 is 22.0 Å². The van der Waals surface area contributed by atoms with E-state index in [1.54, 1.807) is 17.7 Å². The molecule has 2 aliphatic rings. The number of nitrogens with zero attached hydrogens (tertiary/aromatic N) is 7. The molecule has 0 bridgehead atoms. The molecule has 6 rings (SSSR count). The Morgan fingerprint density at radius 1 is 1.09 bits per heavy atom. The van der Waals surface area contributed by atoms with Gasteiger partial charge >= 0.3 is 0 Å². The highest BCUT2D eigenvalue weighted by atomic mass is 35.5. The van der Waals surface area contributed by atoms with Crippen LogP contribution in [0.3, 0.4) is 0 Å². The summed E-state index contributed by atoms with van der Waals surface area (Å²) in [5.74, 6) is -0.307. The van der Waals surface area contributed by atoms with Gasteiger partial charge in [-0.1, -0.05) is 17.7 Å². The van der Waals surface area contributed by atoms with Crippen LogP contribution < -0.4 is 20.5 Å². The largest absolute Gasteiger partial charge is 0.377 e. The second-order valence-corrected chi connectivity index (χ2v) is 14.2. The van der Waals surface area contributed by atoms with Gasteiger partial charge in [-0.15, -0.1) is 0 Å². The number of aromatic nitrogens is 5. The molecular formula is C30H36ClN9O4S. The molecule has 3 atom stereocenters. The van der Waals surface area contributed by atoms with Gasteiger partial charge in [0, 0.05) is 51.0 Å². The van der Waals surface area contributed by atoms with Gasteiger partial charge in [-0.3, -0.25) is 23.7 Å². The van der Waals surface area contributed by atoms with Crippen molar-refractivity contribution in [3.8, 4) is 0 Å². The number of carbonyl (C=O) groups is 1. The Labute approximate surface area is 266 Å². The molecule has 1 aromatic carbocycles. The maximum Gasteiger partial charge on any atom is 0.285 e. The number of rotatable bonds is 7. The van der Waals surface area contributed by atoms with Crippen LogP contribution in [-0.2, 0) is 17.1 Å². The van der Waals surface area contributed by atoms with Crippen LogP contribution in [0.1, 0.15) is 52.6 Å². The number of piperazine rings is 1. The van der Waals surface area contributed by atoms with Crippen molar-refractivity contribution >= 4 is 50.1 Å². The van der Waals surface area contributed by atoms with Gasteiger partial charge in [-0.05, 0) is 56.5 Å². The number of fused-ring (bicyclic) bond motifs is 2. The predicted octanol–water partition coefficient (Wildman–Crippen LogP) is 2.79. The Balaban J connectivity index is 1.32. The van der Waals surface area contributed by atoms with Gasteiger partial charge in [-0.25, -0.2) is 23.1 Å². The summed E-state index contributed by atoms with van der Waals surface area (Å²) < 4.78 is 29.1. The molecule has 2 fully saturated rings. The van der Waals surface area contributed by atoms with Crippen molar-refractivity contribution in [2.24, 2.45) is 7.05 Å². The van der Waals surface area contributed by atoms with E-state index in [-0.39, 0.29) is 22.1 Å². The normalized spacial score (nSPS) is 19.5. The standard InChI is InChI=1S/C30H36ClN9O4S/c1-17-10-22(19(3)33-24-6-7-25(31)34-27(24)28(41)36-45(5,43)44)26-23(11-17)29(42)37(4)30(35-26)39-9-8-38-16-21(12-20(38)15-39)40-14-18(2)13-32-40/h6-7,10-11,13-14,19-21,33H,8-9,12,15-16H2,1-5H3,(H,36,41)/t19-,20+,21-/m1/s1. The van der Waals surface area contributed by atoms with E-state index in [0.29, 0.717) is 28.9 Å². The number of pyridine rings is 1. The minimum Gasteiger partial charge on any atom is -0.377 e. The fourth-order valence-corrected chi connectivity index (χ4v) is 7.01. The SMILES string of the molecule is Cc1cc([C@@H](C)Nc2ccc(Cl)nc2C(=O)NS(C)(=O)=O)c2nc(N3CCN4C[C@H](n5cc(C)cn5)C[C@H]4C3)n(C)c(=O)c2c1. The molecule has 0 radical (unpaired) electrons. The third-order valence-corrected chi connectivity index (χ3v) is 9.27. The number of sulfonamides is 1. The van der Waals surface area contributed by atoms with E-state index in [0.717, 1.165) is 55.5 Å². The first-order valence-electron chi connectivity index (χ1n) is 14.7. The number of nitrogens with one attached hydrogen (secondary N) is 2. The first-order valence-corrected chi connectivity index (χ1v) is 17.0. The highest BCUT2D eigenvalue weighted by molar-refractivity contribution is 7.89. The van der Waals surface area contributed by atoms with Crippen molar-refractivity contribution in [2.45, 2.75) is 45.3 Å². The Morgan fingerprint density at radius 3 is 2.58 bits per heavy atom. The summed E-state index contributed by atoms with van der Waals surface area (Å²) in [6, 6.07) is 7.05. The number of aryl methyl sites for hydroxylation is 2. The molecule has 1 amide bonds. The van der Waals surface area contributed by atoms with Gasteiger partial charge in [0.25, 0.3) is 11.5 Å². The number of anilines is 2. The van der Waals surface area contributed by atoms with E-state index in [2.05, 4.69) is 36.1 Å². The highest BCUT2D eigenvalue weighted by Crippen LogP contribution is 2.33. The van der Waals surface area contributed by atoms with Gasteiger partial charge in [0.05, 0.1) is 41.1 Å². The van der Waals surface area contributed by atoms with Crippen LogP contribution in [0, 0.1) is 13.8 Å². The fourth-order valence-electron chi connectivity index (χ4n) is 6.43. The molecule has 3 aromatic heterocycles. The molecule has 2 aliphatic heterocycles. The molecule has 15 heteroatoms. The highest BCUT2D eigenvalue weighted by Gasteiger charge is 2.38. The summed E-state index contributed by atoms with van der Waals surface area (Å²) in [5.41, 5.74) is 3.30. The molecule has 13 nitrogen and oxygen atoms in total.